The molecule has 1 amide bonds. The molecule has 0 aromatic carbocycles. The van der Waals surface area contributed by atoms with Crippen LogP contribution in [0.15, 0.2) is 0 Å². The molecule has 4 atom stereocenters. The summed E-state index contributed by atoms with van der Waals surface area (Å²) < 4.78 is 0. The van der Waals surface area contributed by atoms with Crippen LogP contribution in [0.2, 0.25) is 0 Å². The maximum atomic E-state index is 12.9. The van der Waals surface area contributed by atoms with E-state index in [-0.39, 0.29) is 6.04 Å². The Bertz CT molecular complexity index is 351. The highest BCUT2D eigenvalue weighted by atomic mass is 16.2. The first kappa shape index (κ1) is 14.4. The van der Waals surface area contributed by atoms with Crippen molar-refractivity contribution in [3.8, 4) is 0 Å². The Hall–Kier alpha value is -0.570. The molecule has 1 N–H and O–H groups in total. The molecule has 114 valence electrons. The normalized spacial score (nSPS) is 39.1. The monoisotopic (exact) mass is 278 g/mol. The second-order valence-electron chi connectivity index (χ2n) is 7.22. The zero-order valence-corrected chi connectivity index (χ0v) is 13.1. The predicted molar refractivity (Wildman–Crippen MR) is 81.2 cm³/mol. The van der Waals surface area contributed by atoms with Gasteiger partial charge in [0.05, 0.1) is 12.2 Å². The molecule has 3 aliphatic rings. The summed E-state index contributed by atoms with van der Waals surface area (Å²) in [5.74, 6) is 1.79. The molecule has 20 heavy (non-hydrogen) atoms. The standard InChI is InChI=1S/C17H30N2O/c1-3-7-14-17(20)19(15-11-6-8-12(15)2)16(18-14)13-9-4-5-10-13/h12-16,18H,3-11H2,1-2H3. The highest BCUT2D eigenvalue weighted by Crippen LogP contribution is 2.38. The van der Waals surface area contributed by atoms with Gasteiger partial charge in [0.25, 0.3) is 0 Å². The summed E-state index contributed by atoms with van der Waals surface area (Å²) in [5.41, 5.74) is 0. The lowest BCUT2D eigenvalue weighted by Crippen LogP contribution is -2.49. The Morgan fingerprint density at radius 1 is 1.15 bits per heavy atom. The fourth-order valence-corrected chi connectivity index (χ4v) is 4.72. The number of amides is 1. The molecule has 1 heterocycles. The molecule has 0 aromatic rings. The fourth-order valence-electron chi connectivity index (χ4n) is 4.72. The molecule has 1 aliphatic heterocycles. The van der Waals surface area contributed by atoms with Crippen molar-refractivity contribution in [2.75, 3.05) is 0 Å². The van der Waals surface area contributed by atoms with Gasteiger partial charge in [-0.1, -0.05) is 39.5 Å². The lowest BCUT2D eigenvalue weighted by atomic mass is 9.99. The Balaban J connectivity index is 1.79. The van der Waals surface area contributed by atoms with Gasteiger partial charge in [-0.2, -0.15) is 0 Å². The van der Waals surface area contributed by atoms with Gasteiger partial charge < -0.3 is 4.90 Å². The number of nitrogens with one attached hydrogen (secondary N) is 1. The van der Waals surface area contributed by atoms with Crippen LogP contribution >= 0.6 is 0 Å². The average Bonchev–Trinajstić information content (AvgIpc) is 3.12. The van der Waals surface area contributed by atoms with E-state index in [2.05, 4.69) is 24.1 Å². The fraction of sp³-hybridized carbons (Fsp3) is 0.941. The molecule has 3 rings (SSSR count). The van der Waals surface area contributed by atoms with Gasteiger partial charge in [0.2, 0.25) is 5.91 Å². The van der Waals surface area contributed by atoms with E-state index in [4.69, 9.17) is 0 Å². The van der Waals surface area contributed by atoms with Gasteiger partial charge in [-0.3, -0.25) is 10.1 Å². The first-order valence-corrected chi connectivity index (χ1v) is 8.80. The van der Waals surface area contributed by atoms with Crippen LogP contribution in [-0.4, -0.2) is 29.1 Å². The van der Waals surface area contributed by atoms with Crippen molar-refractivity contribution in [2.45, 2.75) is 89.9 Å². The van der Waals surface area contributed by atoms with Crippen molar-refractivity contribution in [1.82, 2.24) is 10.2 Å². The summed E-state index contributed by atoms with van der Waals surface area (Å²) in [6.07, 6.45) is 11.6. The van der Waals surface area contributed by atoms with Crippen molar-refractivity contribution < 1.29 is 4.79 Å². The Morgan fingerprint density at radius 2 is 1.90 bits per heavy atom. The highest BCUT2D eigenvalue weighted by molar-refractivity contribution is 5.84. The summed E-state index contributed by atoms with van der Waals surface area (Å²) >= 11 is 0. The summed E-state index contributed by atoms with van der Waals surface area (Å²) in [4.78, 5) is 15.2. The summed E-state index contributed by atoms with van der Waals surface area (Å²) in [6, 6.07) is 0.598. The van der Waals surface area contributed by atoms with Crippen LogP contribution in [0.1, 0.15) is 71.6 Å². The van der Waals surface area contributed by atoms with E-state index in [1.165, 1.54) is 44.9 Å². The molecular formula is C17H30N2O. The average molecular weight is 278 g/mol. The molecule has 1 saturated heterocycles. The number of carbonyl (C=O) groups excluding carboxylic acids is 1. The van der Waals surface area contributed by atoms with Crippen LogP contribution in [0.4, 0.5) is 0 Å². The topological polar surface area (TPSA) is 32.3 Å². The van der Waals surface area contributed by atoms with E-state index in [9.17, 15) is 4.79 Å². The second kappa shape index (κ2) is 6.05. The third-order valence-electron chi connectivity index (χ3n) is 5.82. The molecule has 0 spiro atoms. The number of nitrogens with zero attached hydrogens (tertiary/aromatic N) is 1. The van der Waals surface area contributed by atoms with Crippen molar-refractivity contribution in [3.63, 3.8) is 0 Å². The Kier molecular flexibility index (Phi) is 4.34. The molecule has 2 aliphatic carbocycles. The van der Waals surface area contributed by atoms with Crippen LogP contribution < -0.4 is 5.32 Å². The van der Waals surface area contributed by atoms with E-state index < -0.39 is 0 Å². The zero-order valence-electron chi connectivity index (χ0n) is 13.1. The molecular weight excluding hydrogens is 248 g/mol. The van der Waals surface area contributed by atoms with E-state index in [0.29, 0.717) is 30.0 Å². The SMILES string of the molecule is CCCC1NC(C2CCCC2)N(C2CCCC2C)C1=O. The first-order chi connectivity index (χ1) is 9.72. The van der Waals surface area contributed by atoms with Gasteiger partial charge in [0.1, 0.15) is 0 Å². The van der Waals surface area contributed by atoms with Gasteiger partial charge in [-0.15, -0.1) is 0 Å². The molecule has 3 heteroatoms. The number of hydrogen-bond donors (Lipinski definition) is 1. The first-order valence-electron chi connectivity index (χ1n) is 8.80. The third-order valence-corrected chi connectivity index (χ3v) is 5.82. The smallest absolute Gasteiger partial charge is 0.241 e. The van der Waals surface area contributed by atoms with Gasteiger partial charge in [0, 0.05) is 6.04 Å². The Labute approximate surface area is 123 Å². The summed E-state index contributed by atoms with van der Waals surface area (Å²) in [6.45, 7) is 4.52. The lowest BCUT2D eigenvalue weighted by Gasteiger charge is -2.36. The number of carbonyl (C=O) groups is 1. The number of rotatable bonds is 4. The molecule has 0 bridgehead atoms. The minimum atomic E-state index is 0.0957. The van der Waals surface area contributed by atoms with Crippen LogP contribution in [0, 0.1) is 11.8 Å². The van der Waals surface area contributed by atoms with E-state index in [0.717, 1.165) is 12.8 Å². The summed E-state index contributed by atoms with van der Waals surface area (Å²) in [7, 11) is 0. The lowest BCUT2D eigenvalue weighted by molar-refractivity contribution is -0.133. The molecule has 0 radical (unpaired) electrons. The van der Waals surface area contributed by atoms with Crippen LogP contribution in [0.5, 0.6) is 0 Å². The maximum absolute atomic E-state index is 12.9. The summed E-state index contributed by atoms with van der Waals surface area (Å²) in [5, 5.41) is 3.71. The van der Waals surface area contributed by atoms with Gasteiger partial charge in [0.15, 0.2) is 0 Å². The third kappa shape index (κ3) is 2.49. The minimum Gasteiger partial charge on any atom is -0.322 e. The molecule has 0 aromatic heterocycles. The van der Waals surface area contributed by atoms with Gasteiger partial charge in [-0.25, -0.2) is 0 Å². The van der Waals surface area contributed by atoms with E-state index >= 15 is 0 Å². The Morgan fingerprint density at radius 3 is 2.50 bits per heavy atom. The van der Waals surface area contributed by atoms with Crippen molar-refractivity contribution in [3.05, 3.63) is 0 Å². The van der Waals surface area contributed by atoms with Crippen LogP contribution in [0.3, 0.4) is 0 Å². The predicted octanol–water partition coefficient (Wildman–Crippen LogP) is 3.29. The van der Waals surface area contributed by atoms with Crippen molar-refractivity contribution >= 4 is 5.91 Å². The van der Waals surface area contributed by atoms with Gasteiger partial charge >= 0.3 is 0 Å². The second-order valence-corrected chi connectivity index (χ2v) is 7.22. The van der Waals surface area contributed by atoms with E-state index in [1.807, 2.05) is 0 Å². The molecule has 2 saturated carbocycles. The quantitative estimate of drug-likeness (QED) is 0.856. The minimum absolute atomic E-state index is 0.0957. The zero-order chi connectivity index (χ0) is 14.1. The van der Waals surface area contributed by atoms with E-state index in [1.54, 1.807) is 0 Å². The van der Waals surface area contributed by atoms with Crippen LogP contribution in [0.25, 0.3) is 0 Å². The van der Waals surface area contributed by atoms with Crippen molar-refractivity contribution in [1.29, 1.82) is 0 Å². The molecule has 4 unspecified atom stereocenters. The maximum Gasteiger partial charge on any atom is 0.241 e. The van der Waals surface area contributed by atoms with Crippen molar-refractivity contribution in [2.24, 2.45) is 11.8 Å². The van der Waals surface area contributed by atoms with Crippen LogP contribution in [-0.2, 0) is 4.79 Å². The largest absolute Gasteiger partial charge is 0.322 e. The van der Waals surface area contributed by atoms with Gasteiger partial charge in [-0.05, 0) is 43.9 Å². The number of hydrogen-bond acceptors (Lipinski definition) is 2. The molecule has 3 nitrogen and oxygen atoms in total. The molecule has 3 fully saturated rings. The highest BCUT2D eigenvalue weighted by Gasteiger charge is 2.47.